The van der Waals surface area contributed by atoms with Gasteiger partial charge < -0.3 is 15.4 Å². The Labute approximate surface area is 98.2 Å². The number of benzene rings is 1. The fourth-order valence-corrected chi connectivity index (χ4v) is 1.62. The van der Waals surface area contributed by atoms with Crippen molar-refractivity contribution in [3.05, 3.63) is 24.3 Å². The molecule has 0 atom stereocenters. The number of nitrogens with zero attached hydrogens (tertiary/aromatic N) is 1. The molecule has 0 fully saturated rings. The average molecular weight is 222 g/mol. The predicted molar refractivity (Wildman–Crippen MR) is 68.8 cm³/mol. The Morgan fingerprint density at radius 1 is 1.19 bits per heavy atom. The van der Waals surface area contributed by atoms with E-state index in [-0.39, 0.29) is 0 Å². The summed E-state index contributed by atoms with van der Waals surface area (Å²) in [6, 6.07) is 7.63. The molecular formula is C13H22N2O. The van der Waals surface area contributed by atoms with Gasteiger partial charge in [0.05, 0.1) is 12.3 Å². The minimum atomic E-state index is 0.713. The zero-order valence-corrected chi connectivity index (χ0v) is 10.3. The Hall–Kier alpha value is -1.22. The number of anilines is 1. The molecule has 0 saturated heterocycles. The molecule has 0 aliphatic carbocycles. The number of rotatable bonds is 7. The van der Waals surface area contributed by atoms with Crippen molar-refractivity contribution in [2.45, 2.75) is 20.3 Å². The maximum absolute atomic E-state index is 5.78. The molecule has 0 unspecified atom stereocenters. The lowest BCUT2D eigenvalue weighted by atomic mass is 10.3. The Balaban J connectivity index is 2.23. The molecule has 0 aliphatic heterocycles. The van der Waals surface area contributed by atoms with Crippen molar-refractivity contribution < 1.29 is 4.74 Å². The van der Waals surface area contributed by atoms with Crippen LogP contribution in [0.4, 0.5) is 5.69 Å². The molecule has 16 heavy (non-hydrogen) atoms. The maximum atomic E-state index is 5.78. The van der Waals surface area contributed by atoms with E-state index in [9.17, 15) is 0 Å². The number of hydrogen-bond acceptors (Lipinski definition) is 3. The molecule has 0 heterocycles. The number of nitrogens with two attached hydrogens (primary N) is 1. The van der Waals surface area contributed by atoms with Crippen molar-refractivity contribution in [2.75, 3.05) is 32.0 Å². The monoisotopic (exact) mass is 222 g/mol. The zero-order valence-electron chi connectivity index (χ0n) is 10.3. The first kappa shape index (κ1) is 12.8. The molecule has 1 rings (SSSR count). The van der Waals surface area contributed by atoms with E-state index in [2.05, 4.69) is 18.7 Å². The van der Waals surface area contributed by atoms with Crippen LogP contribution in [-0.2, 0) is 0 Å². The predicted octanol–water partition coefficient (Wildman–Crippen LogP) is 2.38. The van der Waals surface area contributed by atoms with Gasteiger partial charge in [-0.3, -0.25) is 0 Å². The lowest BCUT2D eigenvalue weighted by molar-refractivity contribution is 0.250. The van der Waals surface area contributed by atoms with Crippen LogP contribution in [-0.4, -0.2) is 31.1 Å². The van der Waals surface area contributed by atoms with Gasteiger partial charge in [-0.15, -0.1) is 0 Å². The summed E-state index contributed by atoms with van der Waals surface area (Å²) in [6.45, 7) is 8.37. The standard InChI is InChI=1S/C13H22N2O/c1-3-15(4-2)10-7-11-16-13-9-6-5-8-12(13)14/h5-6,8-9H,3-4,7,10-11,14H2,1-2H3. The van der Waals surface area contributed by atoms with Crippen LogP contribution >= 0.6 is 0 Å². The zero-order chi connectivity index (χ0) is 11.8. The Morgan fingerprint density at radius 2 is 1.88 bits per heavy atom. The molecule has 0 bridgehead atoms. The van der Waals surface area contributed by atoms with E-state index >= 15 is 0 Å². The third kappa shape index (κ3) is 4.11. The van der Waals surface area contributed by atoms with Gasteiger partial charge in [0.1, 0.15) is 5.75 Å². The molecule has 3 heteroatoms. The fourth-order valence-electron chi connectivity index (χ4n) is 1.62. The first-order valence-electron chi connectivity index (χ1n) is 5.97. The van der Waals surface area contributed by atoms with Gasteiger partial charge in [-0.1, -0.05) is 26.0 Å². The first-order valence-corrected chi connectivity index (χ1v) is 5.97. The van der Waals surface area contributed by atoms with Crippen LogP contribution in [0.25, 0.3) is 0 Å². The van der Waals surface area contributed by atoms with E-state index in [1.807, 2.05) is 24.3 Å². The topological polar surface area (TPSA) is 38.5 Å². The van der Waals surface area contributed by atoms with Gasteiger partial charge in [0, 0.05) is 6.54 Å². The molecule has 0 amide bonds. The van der Waals surface area contributed by atoms with Crippen LogP contribution in [0, 0.1) is 0 Å². The summed E-state index contributed by atoms with van der Waals surface area (Å²) in [5.74, 6) is 0.794. The van der Waals surface area contributed by atoms with Gasteiger partial charge in [0.2, 0.25) is 0 Å². The first-order chi connectivity index (χ1) is 7.77. The fraction of sp³-hybridized carbons (Fsp3) is 0.538. The summed E-state index contributed by atoms with van der Waals surface area (Å²) < 4.78 is 5.62. The third-order valence-corrected chi connectivity index (χ3v) is 2.69. The third-order valence-electron chi connectivity index (χ3n) is 2.69. The summed E-state index contributed by atoms with van der Waals surface area (Å²) in [4.78, 5) is 2.39. The quantitative estimate of drug-likeness (QED) is 0.568. The summed E-state index contributed by atoms with van der Waals surface area (Å²) in [5, 5.41) is 0. The van der Waals surface area contributed by atoms with Gasteiger partial charge in [-0.05, 0) is 31.6 Å². The van der Waals surface area contributed by atoms with E-state index in [0.717, 1.165) is 38.4 Å². The van der Waals surface area contributed by atoms with Gasteiger partial charge >= 0.3 is 0 Å². The average Bonchev–Trinajstić information content (AvgIpc) is 2.31. The van der Waals surface area contributed by atoms with Gasteiger partial charge in [-0.25, -0.2) is 0 Å². The smallest absolute Gasteiger partial charge is 0.142 e. The number of hydrogen-bond donors (Lipinski definition) is 1. The minimum Gasteiger partial charge on any atom is -0.491 e. The molecule has 0 aliphatic rings. The highest BCUT2D eigenvalue weighted by Crippen LogP contribution is 2.19. The minimum absolute atomic E-state index is 0.713. The van der Waals surface area contributed by atoms with Crippen molar-refractivity contribution >= 4 is 5.69 Å². The van der Waals surface area contributed by atoms with E-state index in [0.29, 0.717) is 5.69 Å². The highest BCUT2D eigenvalue weighted by atomic mass is 16.5. The summed E-state index contributed by atoms with van der Waals surface area (Å²) in [5.41, 5.74) is 6.49. The van der Waals surface area contributed by atoms with Crippen LogP contribution in [0.5, 0.6) is 5.75 Å². The molecule has 2 N–H and O–H groups in total. The second-order valence-corrected chi connectivity index (χ2v) is 3.77. The van der Waals surface area contributed by atoms with Gasteiger partial charge in [-0.2, -0.15) is 0 Å². The van der Waals surface area contributed by atoms with E-state index in [1.54, 1.807) is 0 Å². The number of ether oxygens (including phenoxy) is 1. The van der Waals surface area contributed by atoms with Crippen LogP contribution in [0.3, 0.4) is 0 Å². The number of para-hydroxylation sites is 2. The van der Waals surface area contributed by atoms with Crippen LogP contribution < -0.4 is 10.5 Å². The van der Waals surface area contributed by atoms with Gasteiger partial charge in [0.15, 0.2) is 0 Å². The maximum Gasteiger partial charge on any atom is 0.142 e. The lowest BCUT2D eigenvalue weighted by Crippen LogP contribution is -2.25. The van der Waals surface area contributed by atoms with E-state index in [4.69, 9.17) is 10.5 Å². The molecular weight excluding hydrogens is 200 g/mol. The van der Waals surface area contributed by atoms with Crippen molar-refractivity contribution in [1.29, 1.82) is 0 Å². The highest BCUT2D eigenvalue weighted by Gasteiger charge is 2.00. The molecule has 0 radical (unpaired) electrons. The SMILES string of the molecule is CCN(CC)CCCOc1ccccc1N. The summed E-state index contributed by atoms with van der Waals surface area (Å²) in [7, 11) is 0. The number of nitrogen functional groups attached to an aromatic ring is 1. The van der Waals surface area contributed by atoms with Crippen molar-refractivity contribution in [3.63, 3.8) is 0 Å². The van der Waals surface area contributed by atoms with E-state index < -0.39 is 0 Å². The van der Waals surface area contributed by atoms with Gasteiger partial charge in [0.25, 0.3) is 0 Å². The molecule has 0 saturated carbocycles. The van der Waals surface area contributed by atoms with Crippen LogP contribution in [0.2, 0.25) is 0 Å². The molecule has 90 valence electrons. The Kier molecular flexibility index (Phi) is 5.72. The molecule has 0 aromatic heterocycles. The second kappa shape index (κ2) is 7.12. The summed E-state index contributed by atoms with van der Waals surface area (Å²) >= 11 is 0. The molecule has 0 spiro atoms. The lowest BCUT2D eigenvalue weighted by Gasteiger charge is -2.17. The molecule has 3 nitrogen and oxygen atoms in total. The van der Waals surface area contributed by atoms with Crippen LogP contribution in [0.15, 0.2) is 24.3 Å². The van der Waals surface area contributed by atoms with Crippen molar-refractivity contribution in [1.82, 2.24) is 4.90 Å². The molecule has 1 aromatic rings. The van der Waals surface area contributed by atoms with Crippen molar-refractivity contribution in [2.24, 2.45) is 0 Å². The highest BCUT2D eigenvalue weighted by molar-refractivity contribution is 5.51. The Bertz CT molecular complexity index is 298. The Morgan fingerprint density at radius 3 is 2.50 bits per heavy atom. The summed E-state index contributed by atoms with van der Waals surface area (Å²) in [6.07, 6.45) is 1.04. The molecule has 1 aromatic carbocycles. The van der Waals surface area contributed by atoms with Crippen molar-refractivity contribution in [3.8, 4) is 5.75 Å². The normalized spacial score (nSPS) is 10.7. The largest absolute Gasteiger partial charge is 0.491 e. The second-order valence-electron chi connectivity index (χ2n) is 3.77. The van der Waals surface area contributed by atoms with E-state index in [1.165, 1.54) is 0 Å². The van der Waals surface area contributed by atoms with Crippen LogP contribution in [0.1, 0.15) is 20.3 Å².